The molecular weight excluding hydrogens is 497 g/mol. The second-order valence-electron chi connectivity index (χ2n) is 6.25. The van der Waals surface area contributed by atoms with Crippen LogP contribution in [0.15, 0.2) is 40.6 Å². The number of ether oxygens (including phenoxy) is 1. The van der Waals surface area contributed by atoms with Crippen molar-refractivity contribution in [3.05, 3.63) is 56.9 Å². The highest BCUT2D eigenvalue weighted by atomic mass is 79.9. The van der Waals surface area contributed by atoms with Gasteiger partial charge in [-0.05, 0) is 47.1 Å². The molecular formula is C19H14BrClFN5O2S. The molecule has 0 spiro atoms. The molecule has 30 heavy (non-hydrogen) atoms. The molecule has 1 aromatic carbocycles. The lowest BCUT2D eigenvalue weighted by molar-refractivity contribution is 0.0866. The summed E-state index contributed by atoms with van der Waals surface area (Å²) in [6, 6.07) is 6.49. The molecule has 0 saturated heterocycles. The Hall–Kier alpha value is -2.56. The highest BCUT2D eigenvalue weighted by Crippen LogP contribution is 2.41. The molecule has 0 fully saturated rings. The van der Waals surface area contributed by atoms with Crippen LogP contribution in [0.4, 0.5) is 9.39 Å². The van der Waals surface area contributed by atoms with Gasteiger partial charge in [-0.25, -0.2) is 18.9 Å². The van der Waals surface area contributed by atoms with Gasteiger partial charge in [-0.15, -0.1) is 0 Å². The molecule has 3 aromatic heterocycles. The van der Waals surface area contributed by atoms with Crippen molar-refractivity contribution in [3.63, 3.8) is 0 Å². The number of thiazole rings is 1. The molecule has 3 heterocycles. The summed E-state index contributed by atoms with van der Waals surface area (Å²) in [5.74, 6) is -0.126. The third-order valence-corrected chi connectivity index (χ3v) is 5.77. The number of carbonyl (C=O) groups is 1. The van der Waals surface area contributed by atoms with E-state index in [2.05, 4.69) is 36.3 Å². The van der Waals surface area contributed by atoms with Crippen LogP contribution < -0.4 is 10.1 Å². The number of nitrogens with one attached hydrogen (secondary N) is 1. The average Bonchev–Trinajstić information content (AvgIpc) is 3.21. The second kappa shape index (κ2) is 8.29. The third-order valence-electron chi connectivity index (χ3n) is 4.11. The van der Waals surface area contributed by atoms with Gasteiger partial charge < -0.3 is 10.1 Å². The zero-order valence-corrected chi connectivity index (χ0v) is 18.8. The van der Waals surface area contributed by atoms with E-state index in [0.717, 1.165) is 0 Å². The van der Waals surface area contributed by atoms with E-state index in [0.29, 0.717) is 42.1 Å². The number of benzene rings is 1. The number of hydrogen-bond donors (Lipinski definition) is 1. The number of aromatic nitrogens is 4. The largest absolute Gasteiger partial charge is 0.460 e. The van der Waals surface area contributed by atoms with Crippen LogP contribution in [0.5, 0.6) is 5.75 Å². The topological polar surface area (TPSA) is 81.4 Å². The molecule has 7 nitrogen and oxygen atoms in total. The maximum absolute atomic E-state index is 13.5. The summed E-state index contributed by atoms with van der Waals surface area (Å²) in [6.07, 6.45) is 1.78. The van der Waals surface area contributed by atoms with Gasteiger partial charge in [0.05, 0.1) is 5.69 Å². The highest BCUT2D eigenvalue weighted by Gasteiger charge is 2.23. The van der Waals surface area contributed by atoms with Crippen LogP contribution in [-0.4, -0.2) is 31.8 Å². The quantitative estimate of drug-likeness (QED) is 0.382. The molecule has 4 aromatic rings. The number of fused-ring (bicyclic) bond motifs is 1. The van der Waals surface area contributed by atoms with Crippen LogP contribution in [-0.2, 0) is 0 Å². The molecule has 1 N–H and O–H groups in total. The summed E-state index contributed by atoms with van der Waals surface area (Å²) in [5, 5.41) is 8.05. The molecule has 4 rings (SSSR count). The number of aryl methyl sites for hydroxylation is 1. The summed E-state index contributed by atoms with van der Waals surface area (Å²) in [6.45, 7) is 3.01. The van der Waals surface area contributed by atoms with Gasteiger partial charge in [0.1, 0.15) is 22.0 Å². The van der Waals surface area contributed by atoms with E-state index >= 15 is 0 Å². The summed E-state index contributed by atoms with van der Waals surface area (Å²) in [4.78, 5) is 21.8. The number of nitrogens with zero attached hydrogens (tertiary/aromatic N) is 4. The standard InChI is InChI=1S/C19H14BrClFN5O2S/c1-9-14(16-23-6-3-7-27(16)26-9)17(28)25-18-15(24-19(20)30-18)12-8-11(21)4-5-13(12)29-10(2)22/h3-8,10H,1-2H3,(H,25,28). The van der Waals surface area contributed by atoms with Crippen molar-refractivity contribution in [2.24, 2.45) is 0 Å². The predicted octanol–water partition coefficient (Wildman–Crippen LogP) is 5.52. The lowest BCUT2D eigenvalue weighted by Crippen LogP contribution is -2.13. The number of amides is 1. The van der Waals surface area contributed by atoms with Crippen molar-refractivity contribution in [1.29, 1.82) is 0 Å². The third kappa shape index (κ3) is 4.03. The summed E-state index contributed by atoms with van der Waals surface area (Å²) in [7, 11) is 0. The molecule has 0 aliphatic rings. The summed E-state index contributed by atoms with van der Waals surface area (Å²) >= 11 is 10.7. The minimum absolute atomic E-state index is 0.261. The molecule has 11 heteroatoms. The number of alkyl halides is 1. The Kier molecular flexibility index (Phi) is 5.72. The molecule has 154 valence electrons. The Morgan fingerprint density at radius 3 is 3.00 bits per heavy atom. The maximum atomic E-state index is 13.5. The van der Waals surface area contributed by atoms with Gasteiger partial charge in [-0.1, -0.05) is 22.9 Å². The van der Waals surface area contributed by atoms with Gasteiger partial charge in [0.15, 0.2) is 9.56 Å². The highest BCUT2D eigenvalue weighted by molar-refractivity contribution is 9.11. The van der Waals surface area contributed by atoms with E-state index in [1.165, 1.54) is 18.3 Å². The lowest BCUT2D eigenvalue weighted by atomic mass is 10.1. The van der Waals surface area contributed by atoms with Gasteiger partial charge in [-0.2, -0.15) is 5.10 Å². The predicted molar refractivity (Wildman–Crippen MR) is 117 cm³/mol. The molecule has 0 saturated carbocycles. The van der Waals surface area contributed by atoms with Crippen molar-refractivity contribution in [3.8, 4) is 17.0 Å². The number of carbonyl (C=O) groups excluding carboxylic acids is 1. The first-order valence-corrected chi connectivity index (χ1v) is 10.7. The smallest absolute Gasteiger partial charge is 0.262 e. The Balaban J connectivity index is 1.76. The Bertz CT molecular complexity index is 1260. The Morgan fingerprint density at radius 2 is 2.23 bits per heavy atom. The van der Waals surface area contributed by atoms with E-state index in [4.69, 9.17) is 16.3 Å². The van der Waals surface area contributed by atoms with Crippen molar-refractivity contribution in [2.75, 3.05) is 5.32 Å². The number of rotatable bonds is 5. The van der Waals surface area contributed by atoms with Gasteiger partial charge in [0.25, 0.3) is 5.91 Å². The Morgan fingerprint density at radius 1 is 1.43 bits per heavy atom. The molecule has 0 aliphatic carbocycles. The SMILES string of the molecule is Cc1nn2cccnc2c1C(=O)Nc1sc(Br)nc1-c1cc(Cl)ccc1OC(C)F. The zero-order valence-electron chi connectivity index (χ0n) is 15.7. The minimum atomic E-state index is -1.53. The van der Waals surface area contributed by atoms with Crippen LogP contribution in [0.3, 0.4) is 0 Å². The number of anilines is 1. The number of halogens is 3. The Labute approximate surface area is 188 Å². The van der Waals surface area contributed by atoms with Gasteiger partial charge in [0, 0.05) is 29.9 Å². The lowest BCUT2D eigenvalue weighted by Gasteiger charge is -2.13. The van der Waals surface area contributed by atoms with E-state index in [1.54, 1.807) is 48.1 Å². The zero-order chi connectivity index (χ0) is 21.4. The fourth-order valence-corrected chi connectivity index (χ4v) is 4.49. The van der Waals surface area contributed by atoms with E-state index in [9.17, 15) is 9.18 Å². The summed E-state index contributed by atoms with van der Waals surface area (Å²) in [5.41, 5.74) is 2.19. The maximum Gasteiger partial charge on any atom is 0.262 e. The molecule has 0 radical (unpaired) electrons. The van der Waals surface area contributed by atoms with Crippen molar-refractivity contribution in [1.82, 2.24) is 19.6 Å². The molecule has 1 unspecified atom stereocenters. The van der Waals surface area contributed by atoms with Crippen LogP contribution in [0.1, 0.15) is 23.0 Å². The second-order valence-corrected chi connectivity index (χ2v) is 8.96. The van der Waals surface area contributed by atoms with E-state index < -0.39 is 6.36 Å². The molecule has 0 bridgehead atoms. The normalized spacial score (nSPS) is 12.2. The van der Waals surface area contributed by atoms with Crippen LogP contribution in [0.25, 0.3) is 16.9 Å². The molecule has 0 aliphatic heterocycles. The van der Waals surface area contributed by atoms with Crippen molar-refractivity contribution < 1.29 is 13.9 Å². The van der Waals surface area contributed by atoms with E-state index in [-0.39, 0.29) is 11.7 Å². The van der Waals surface area contributed by atoms with Crippen LogP contribution in [0, 0.1) is 6.92 Å². The first-order valence-electron chi connectivity index (χ1n) is 8.71. The number of hydrogen-bond acceptors (Lipinski definition) is 6. The van der Waals surface area contributed by atoms with Crippen molar-refractivity contribution in [2.45, 2.75) is 20.2 Å². The first kappa shape index (κ1) is 20.7. The monoisotopic (exact) mass is 509 g/mol. The molecule has 1 atom stereocenters. The van der Waals surface area contributed by atoms with Crippen molar-refractivity contribution >= 4 is 55.4 Å². The van der Waals surface area contributed by atoms with Gasteiger partial charge in [0.2, 0.25) is 6.36 Å². The summed E-state index contributed by atoms with van der Waals surface area (Å²) < 4.78 is 20.8. The fourth-order valence-electron chi connectivity index (χ4n) is 2.95. The average molecular weight is 511 g/mol. The van der Waals surface area contributed by atoms with Crippen LogP contribution in [0.2, 0.25) is 5.02 Å². The van der Waals surface area contributed by atoms with Gasteiger partial charge >= 0.3 is 0 Å². The molecule has 1 amide bonds. The van der Waals surface area contributed by atoms with Gasteiger partial charge in [-0.3, -0.25) is 4.79 Å². The van der Waals surface area contributed by atoms with E-state index in [1.807, 2.05) is 0 Å². The first-order chi connectivity index (χ1) is 14.3. The fraction of sp³-hybridized carbons (Fsp3) is 0.158. The van der Waals surface area contributed by atoms with Crippen LogP contribution >= 0.6 is 38.9 Å². The minimum Gasteiger partial charge on any atom is -0.460 e.